The van der Waals surface area contributed by atoms with E-state index in [2.05, 4.69) is 0 Å². The standard InChI is InChI=1S/C12H17NO4/c1-2-4-10-9(12(16)17)6-8-13(10)7-3-5-11(14)15/h6,8H,2-5,7H2,1H3,(H,14,15)(H,16,17). The highest BCUT2D eigenvalue weighted by atomic mass is 16.4. The summed E-state index contributed by atoms with van der Waals surface area (Å²) in [7, 11) is 0. The third-order valence-corrected chi connectivity index (χ3v) is 2.59. The molecule has 94 valence electrons. The van der Waals surface area contributed by atoms with Gasteiger partial charge in [-0.1, -0.05) is 13.3 Å². The van der Waals surface area contributed by atoms with Crippen molar-refractivity contribution in [2.45, 2.75) is 39.2 Å². The van der Waals surface area contributed by atoms with E-state index in [0.29, 0.717) is 24.9 Å². The molecule has 0 unspecified atom stereocenters. The van der Waals surface area contributed by atoms with Gasteiger partial charge in [0.1, 0.15) is 0 Å². The number of nitrogens with zero attached hydrogens (tertiary/aromatic N) is 1. The van der Waals surface area contributed by atoms with Crippen LogP contribution >= 0.6 is 0 Å². The largest absolute Gasteiger partial charge is 0.481 e. The zero-order valence-electron chi connectivity index (χ0n) is 9.85. The van der Waals surface area contributed by atoms with E-state index >= 15 is 0 Å². The molecule has 1 aromatic heterocycles. The number of rotatable bonds is 7. The second-order valence-corrected chi connectivity index (χ2v) is 3.92. The predicted molar refractivity (Wildman–Crippen MR) is 62.3 cm³/mol. The van der Waals surface area contributed by atoms with Crippen molar-refractivity contribution < 1.29 is 19.8 Å². The maximum Gasteiger partial charge on any atom is 0.337 e. The molecule has 0 radical (unpaired) electrons. The van der Waals surface area contributed by atoms with E-state index in [4.69, 9.17) is 10.2 Å². The van der Waals surface area contributed by atoms with Gasteiger partial charge in [0.15, 0.2) is 0 Å². The lowest BCUT2D eigenvalue weighted by molar-refractivity contribution is -0.137. The van der Waals surface area contributed by atoms with Gasteiger partial charge in [-0.15, -0.1) is 0 Å². The molecule has 17 heavy (non-hydrogen) atoms. The lowest BCUT2D eigenvalue weighted by Gasteiger charge is -2.08. The van der Waals surface area contributed by atoms with Crippen LogP contribution in [-0.4, -0.2) is 26.7 Å². The summed E-state index contributed by atoms with van der Waals surface area (Å²) in [6.45, 7) is 2.54. The highest BCUT2D eigenvalue weighted by molar-refractivity contribution is 5.89. The molecule has 1 rings (SSSR count). The molecule has 0 aromatic carbocycles. The van der Waals surface area contributed by atoms with Crippen molar-refractivity contribution in [3.05, 3.63) is 23.5 Å². The minimum Gasteiger partial charge on any atom is -0.481 e. The molecule has 0 fully saturated rings. The molecule has 0 aliphatic carbocycles. The van der Waals surface area contributed by atoms with Gasteiger partial charge in [-0.2, -0.15) is 0 Å². The molecule has 1 aromatic rings. The highest BCUT2D eigenvalue weighted by Crippen LogP contribution is 2.14. The summed E-state index contributed by atoms with van der Waals surface area (Å²) in [4.78, 5) is 21.4. The number of carboxylic acid groups (broad SMARTS) is 2. The topological polar surface area (TPSA) is 79.5 Å². The van der Waals surface area contributed by atoms with E-state index in [1.807, 2.05) is 11.5 Å². The van der Waals surface area contributed by atoms with Crippen LogP contribution in [-0.2, 0) is 17.8 Å². The monoisotopic (exact) mass is 239 g/mol. The van der Waals surface area contributed by atoms with Gasteiger partial charge >= 0.3 is 11.9 Å². The van der Waals surface area contributed by atoms with Crippen LogP contribution < -0.4 is 0 Å². The van der Waals surface area contributed by atoms with Gasteiger partial charge in [-0.25, -0.2) is 4.79 Å². The smallest absolute Gasteiger partial charge is 0.337 e. The van der Waals surface area contributed by atoms with Gasteiger partial charge in [-0.3, -0.25) is 4.79 Å². The zero-order valence-corrected chi connectivity index (χ0v) is 9.85. The number of hydrogen-bond donors (Lipinski definition) is 2. The lowest BCUT2D eigenvalue weighted by atomic mass is 10.1. The summed E-state index contributed by atoms with van der Waals surface area (Å²) >= 11 is 0. The number of carboxylic acids is 2. The van der Waals surface area contributed by atoms with Crippen LogP contribution in [0.5, 0.6) is 0 Å². The Hall–Kier alpha value is -1.78. The predicted octanol–water partition coefficient (Wildman–Crippen LogP) is 2.00. The zero-order chi connectivity index (χ0) is 12.8. The van der Waals surface area contributed by atoms with Gasteiger partial charge in [0, 0.05) is 24.9 Å². The van der Waals surface area contributed by atoms with Crippen molar-refractivity contribution in [3.8, 4) is 0 Å². The van der Waals surface area contributed by atoms with Gasteiger partial charge in [-0.05, 0) is 18.9 Å². The van der Waals surface area contributed by atoms with Crippen LogP contribution in [0.4, 0.5) is 0 Å². The van der Waals surface area contributed by atoms with Crippen LogP contribution in [0.2, 0.25) is 0 Å². The molecule has 0 atom stereocenters. The first kappa shape index (κ1) is 13.3. The molecule has 0 saturated carbocycles. The summed E-state index contributed by atoms with van der Waals surface area (Å²) in [6.07, 6.45) is 3.90. The van der Waals surface area contributed by atoms with Crippen molar-refractivity contribution in [1.82, 2.24) is 4.57 Å². The fourth-order valence-electron chi connectivity index (χ4n) is 1.83. The minimum atomic E-state index is -0.926. The maximum atomic E-state index is 11.0. The molecular weight excluding hydrogens is 222 g/mol. The lowest BCUT2D eigenvalue weighted by Crippen LogP contribution is -2.08. The fraction of sp³-hybridized carbons (Fsp3) is 0.500. The summed E-state index contributed by atoms with van der Waals surface area (Å²) in [5.41, 5.74) is 1.10. The van der Waals surface area contributed by atoms with Gasteiger partial charge < -0.3 is 14.8 Å². The molecular formula is C12H17NO4. The number of aromatic nitrogens is 1. The first-order valence-corrected chi connectivity index (χ1v) is 5.69. The summed E-state index contributed by atoms with van der Waals surface area (Å²) in [6, 6.07) is 1.58. The molecule has 0 spiro atoms. The molecule has 5 nitrogen and oxygen atoms in total. The maximum absolute atomic E-state index is 11.0. The fourth-order valence-corrected chi connectivity index (χ4v) is 1.83. The Morgan fingerprint density at radius 3 is 2.59 bits per heavy atom. The Labute approximate surface area is 99.7 Å². The first-order chi connectivity index (χ1) is 8.06. The third-order valence-electron chi connectivity index (χ3n) is 2.59. The molecule has 0 saturated heterocycles. The number of carbonyl (C=O) groups is 2. The average molecular weight is 239 g/mol. The van der Waals surface area contributed by atoms with Gasteiger partial charge in [0.05, 0.1) is 5.56 Å². The molecule has 0 aliphatic rings. The van der Waals surface area contributed by atoms with E-state index in [1.165, 1.54) is 0 Å². The Bertz CT molecular complexity index is 409. The van der Waals surface area contributed by atoms with Crippen LogP contribution in [0.3, 0.4) is 0 Å². The van der Waals surface area contributed by atoms with Crippen LogP contribution in [0, 0.1) is 0 Å². The average Bonchev–Trinajstić information content (AvgIpc) is 2.62. The minimum absolute atomic E-state index is 0.103. The Balaban J connectivity index is 2.77. The number of aryl methyl sites for hydroxylation is 1. The molecule has 0 aliphatic heterocycles. The molecule has 0 bridgehead atoms. The van der Waals surface area contributed by atoms with E-state index in [1.54, 1.807) is 12.3 Å². The summed E-state index contributed by atoms with van der Waals surface area (Å²) in [5, 5.41) is 17.6. The summed E-state index contributed by atoms with van der Waals surface area (Å²) in [5.74, 6) is -1.75. The molecule has 2 N–H and O–H groups in total. The normalized spacial score (nSPS) is 10.4. The molecule has 1 heterocycles. The van der Waals surface area contributed by atoms with Crippen molar-refractivity contribution in [3.63, 3.8) is 0 Å². The number of aromatic carboxylic acids is 1. The second-order valence-electron chi connectivity index (χ2n) is 3.92. The number of aliphatic carboxylic acids is 1. The number of hydrogen-bond acceptors (Lipinski definition) is 2. The van der Waals surface area contributed by atoms with Crippen molar-refractivity contribution in [1.29, 1.82) is 0 Å². The van der Waals surface area contributed by atoms with E-state index < -0.39 is 11.9 Å². The van der Waals surface area contributed by atoms with Crippen LogP contribution in [0.1, 0.15) is 42.2 Å². The third kappa shape index (κ3) is 3.62. The SMILES string of the molecule is CCCc1c(C(=O)O)ccn1CCCC(=O)O. The Morgan fingerprint density at radius 1 is 1.35 bits per heavy atom. The van der Waals surface area contributed by atoms with Gasteiger partial charge in [0.25, 0.3) is 0 Å². The van der Waals surface area contributed by atoms with Crippen LogP contribution in [0.15, 0.2) is 12.3 Å². The van der Waals surface area contributed by atoms with Crippen molar-refractivity contribution >= 4 is 11.9 Å². The van der Waals surface area contributed by atoms with Crippen LogP contribution in [0.25, 0.3) is 0 Å². The second kappa shape index (κ2) is 6.08. The quantitative estimate of drug-likeness (QED) is 0.762. The van der Waals surface area contributed by atoms with E-state index in [0.717, 1.165) is 12.1 Å². The Kier molecular flexibility index (Phi) is 4.75. The molecule has 0 amide bonds. The van der Waals surface area contributed by atoms with Crippen molar-refractivity contribution in [2.75, 3.05) is 0 Å². The van der Waals surface area contributed by atoms with E-state index in [-0.39, 0.29) is 6.42 Å². The Morgan fingerprint density at radius 2 is 2.06 bits per heavy atom. The van der Waals surface area contributed by atoms with Gasteiger partial charge in [0.2, 0.25) is 0 Å². The first-order valence-electron chi connectivity index (χ1n) is 5.69. The van der Waals surface area contributed by atoms with E-state index in [9.17, 15) is 9.59 Å². The van der Waals surface area contributed by atoms with Crippen molar-refractivity contribution in [2.24, 2.45) is 0 Å². The molecule has 5 heteroatoms. The highest BCUT2D eigenvalue weighted by Gasteiger charge is 2.14. The summed E-state index contributed by atoms with van der Waals surface area (Å²) < 4.78 is 1.84.